The lowest BCUT2D eigenvalue weighted by molar-refractivity contribution is -0.133. The average Bonchev–Trinajstić information content (AvgIpc) is 3.30. The number of thiophene rings is 1. The number of rotatable bonds is 4. The summed E-state index contributed by atoms with van der Waals surface area (Å²) in [6, 6.07) is 11.1. The van der Waals surface area contributed by atoms with E-state index < -0.39 is 12.2 Å². The summed E-state index contributed by atoms with van der Waals surface area (Å²) >= 11 is 1.52. The second kappa shape index (κ2) is 6.56. The fraction of sp³-hybridized carbons (Fsp3) is 0.235. The van der Waals surface area contributed by atoms with Crippen LogP contribution in [0.15, 0.2) is 46.3 Å². The van der Waals surface area contributed by atoms with Crippen molar-refractivity contribution in [2.24, 2.45) is 0 Å². The van der Waals surface area contributed by atoms with Crippen molar-refractivity contribution in [2.75, 3.05) is 0 Å². The van der Waals surface area contributed by atoms with E-state index in [1.165, 1.54) is 11.3 Å². The third-order valence-electron chi connectivity index (χ3n) is 3.72. The molecule has 8 heteroatoms. The largest absolute Gasteiger partial charge is 0.482 e. The molecule has 0 radical (unpaired) electrons. The normalized spacial score (nSPS) is 18.8. The molecule has 3 heterocycles. The third kappa shape index (κ3) is 3.20. The Kier molecular flexibility index (Phi) is 4.10. The van der Waals surface area contributed by atoms with Gasteiger partial charge in [-0.15, -0.1) is 11.3 Å². The summed E-state index contributed by atoms with van der Waals surface area (Å²) < 4.78 is 16.7. The molecule has 0 fully saturated rings. The number of benzene rings is 1. The summed E-state index contributed by atoms with van der Waals surface area (Å²) in [5.74, 6) is 1.74. The number of para-hydroxylation sites is 2. The first-order valence-corrected chi connectivity index (χ1v) is 8.65. The molecule has 2 atom stereocenters. The van der Waals surface area contributed by atoms with Crippen LogP contribution in [0.3, 0.4) is 0 Å². The molecule has 1 N–H and O–H groups in total. The fourth-order valence-electron chi connectivity index (χ4n) is 2.50. The smallest absolute Gasteiger partial charge is 0.265 e. The van der Waals surface area contributed by atoms with Gasteiger partial charge < -0.3 is 19.3 Å². The maximum Gasteiger partial charge on any atom is 0.265 e. The van der Waals surface area contributed by atoms with Crippen molar-refractivity contribution in [3.8, 4) is 22.2 Å². The van der Waals surface area contributed by atoms with Crippen LogP contribution in [0, 0.1) is 0 Å². The number of amides is 1. The molecule has 0 saturated carbocycles. The highest BCUT2D eigenvalue weighted by Crippen LogP contribution is 2.33. The van der Waals surface area contributed by atoms with Gasteiger partial charge in [0.25, 0.3) is 5.91 Å². The predicted molar refractivity (Wildman–Crippen MR) is 90.4 cm³/mol. The van der Waals surface area contributed by atoms with E-state index in [1.54, 1.807) is 13.0 Å². The van der Waals surface area contributed by atoms with E-state index in [2.05, 4.69) is 15.5 Å². The topological polar surface area (TPSA) is 86.5 Å². The summed E-state index contributed by atoms with van der Waals surface area (Å²) in [6.45, 7) is 1.92. The first-order chi connectivity index (χ1) is 12.2. The predicted octanol–water partition coefficient (Wildman–Crippen LogP) is 2.64. The van der Waals surface area contributed by atoms with Crippen LogP contribution in [0.1, 0.15) is 12.8 Å². The molecular weight excluding hydrogens is 342 g/mol. The Labute approximate surface area is 147 Å². The number of nitrogens with zero attached hydrogens (tertiary/aromatic N) is 2. The Bertz CT molecular complexity index is 878. The van der Waals surface area contributed by atoms with Gasteiger partial charge in [-0.1, -0.05) is 23.4 Å². The average molecular weight is 357 g/mol. The molecule has 0 aliphatic carbocycles. The van der Waals surface area contributed by atoms with Gasteiger partial charge in [-0.3, -0.25) is 4.79 Å². The minimum Gasteiger partial charge on any atom is -0.482 e. The standard InChI is InChI=1S/C17H15N3O4S/c1-10-15(23-12-6-3-2-5-11(12)22-10)17(21)18-9-14-19-16(20-24-14)13-7-4-8-25-13/h2-8,10,15H,9H2,1H3,(H,18,21)/t10-,15+/m0/s1. The van der Waals surface area contributed by atoms with E-state index in [0.717, 1.165) is 4.88 Å². The van der Waals surface area contributed by atoms with Crippen molar-refractivity contribution in [3.63, 3.8) is 0 Å². The molecule has 1 amide bonds. The number of fused-ring (bicyclic) bond motifs is 1. The molecule has 4 rings (SSSR count). The first kappa shape index (κ1) is 15.6. The zero-order valence-electron chi connectivity index (χ0n) is 13.3. The highest BCUT2D eigenvalue weighted by Gasteiger charge is 2.34. The zero-order valence-corrected chi connectivity index (χ0v) is 14.2. The number of carbonyl (C=O) groups is 1. The molecule has 0 bridgehead atoms. The van der Waals surface area contributed by atoms with E-state index in [9.17, 15) is 4.79 Å². The Hall–Kier alpha value is -2.87. The number of ether oxygens (including phenoxy) is 2. The molecular formula is C17H15N3O4S. The van der Waals surface area contributed by atoms with Crippen LogP contribution in [0.2, 0.25) is 0 Å². The molecule has 2 aromatic heterocycles. The maximum atomic E-state index is 12.4. The maximum absolute atomic E-state index is 12.4. The lowest BCUT2D eigenvalue weighted by Gasteiger charge is -2.30. The van der Waals surface area contributed by atoms with Crippen molar-refractivity contribution in [2.45, 2.75) is 25.7 Å². The van der Waals surface area contributed by atoms with Crippen LogP contribution < -0.4 is 14.8 Å². The molecule has 1 aliphatic heterocycles. The molecule has 1 aliphatic rings. The van der Waals surface area contributed by atoms with Gasteiger partial charge in [0, 0.05) is 0 Å². The van der Waals surface area contributed by atoms with Crippen LogP contribution in [-0.2, 0) is 11.3 Å². The zero-order chi connectivity index (χ0) is 17.2. The lowest BCUT2D eigenvalue weighted by Crippen LogP contribution is -2.48. The minimum absolute atomic E-state index is 0.130. The fourth-order valence-corrected chi connectivity index (χ4v) is 3.15. The van der Waals surface area contributed by atoms with Gasteiger partial charge in [-0.2, -0.15) is 4.98 Å². The van der Waals surface area contributed by atoms with Gasteiger partial charge >= 0.3 is 0 Å². The SMILES string of the molecule is C[C@@H]1Oc2ccccc2O[C@H]1C(=O)NCc1nc(-c2cccs2)no1. The van der Waals surface area contributed by atoms with E-state index >= 15 is 0 Å². The molecule has 7 nitrogen and oxygen atoms in total. The van der Waals surface area contributed by atoms with Crippen LogP contribution in [0.4, 0.5) is 0 Å². The van der Waals surface area contributed by atoms with Gasteiger partial charge in [-0.25, -0.2) is 0 Å². The minimum atomic E-state index is -0.741. The van der Waals surface area contributed by atoms with Crippen LogP contribution in [-0.4, -0.2) is 28.3 Å². The molecule has 1 aromatic carbocycles. The summed E-state index contributed by atoms with van der Waals surface area (Å²) in [5, 5.41) is 8.60. The van der Waals surface area contributed by atoms with Crippen molar-refractivity contribution < 1.29 is 18.8 Å². The molecule has 25 heavy (non-hydrogen) atoms. The Balaban J connectivity index is 1.39. The van der Waals surface area contributed by atoms with Gasteiger partial charge in [0.2, 0.25) is 17.8 Å². The van der Waals surface area contributed by atoms with E-state index in [0.29, 0.717) is 23.2 Å². The van der Waals surface area contributed by atoms with Gasteiger partial charge in [0.05, 0.1) is 11.4 Å². The molecule has 3 aromatic rings. The monoisotopic (exact) mass is 357 g/mol. The van der Waals surface area contributed by atoms with Gasteiger partial charge in [0.15, 0.2) is 11.5 Å². The van der Waals surface area contributed by atoms with Crippen molar-refractivity contribution in [3.05, 3.63) is 47.7 Å². The molecule has 0 saturated heterocycles. The van der Waals surface area contributed by atoms with Crippen LogP contribution in [0.25, 0.3) is 10.7 Å². The highest BCUT2D eigenvalue weighted by molar-refractivity contribution is 7.13. The Morgan fingerprint density at radius 2 is 2.00 bits per heavy atom. The van der Waals surface area contributed by atoms with E-state index in [1.807, 2.05) is 35.7 Å². The van der Waals surface area contributed by atoms with Crippen LogP contribution in [0.5, 0.6) is 11.5 Å². The summed E-state index contributed by atoms with van der Waals surface area (Å²) in [4.78, 5) is 17.6. The van der Waals surface area contributed by atoms with Crippen molar-refractivity contribution in [1.29, 1.82) is 0 Å². The van der Waals surface area contributed by atoms with Crippen molar-refractivity contribution >= 4 is 17.2 Å². The van der Waals surface area contributed by atoms with Crippen LogP contribution >= 0.6 is 11.3 Å². The molecule has 0 unspecified atom stereocenters. The van der Waals surface area contributed by atoms with Gasteiger partial charge in [-0.05, 0) is 30.5 Å². The number of carbonyl (C=O) groups excluding carboxylic acids is 1. The van der Waals surface area contributed by atoms with E-state index in [-0.39, 0.29) is 12.5 Å². The Morgan fingerprint density at radius 1 is 1.20 bits per heavy atom. The highest BCUT2D eigenvalue weighted by atomic mass is 32.1. The summed E-state index contributed by atoms with van der Waals surface area (Å²) in [6.07, 6.45) is -1.14. The Morgan fingerprint density at radius 3 is 2.76 bits per heavy atom. The summed E-state index contributed by atoms with van der Waals surface area (Å²) in [5.41, 5.74) is 0. The number of nitrogens with one attached hydrogen (secondary N) is 1. The number of aromatic nitrogens is 2. The second-order valence-corrected chi connectivity index (χ2v) is 6.46. The quantitative estimate of drug-likeness (QED) is 0.772. The third-order valence-corrected chi connectivity index (χ3v) is 4.59. The van der Waals surface area contributed by atoms with E-state index in [4.69, 9.17) is 14.0 Å². The number of hydrogen-bond donors (Lipinski definition) is 1. The lowest BCUT2D eigenvalue weighted by atomic mass is 10.1. The summed E-state index contributed by atoms with van der Waals surface area (Å²) in [7, 11) is 0. The second-order valence-electron chi connectivity index (χ2n) is 5.51. The van der Waals surface area contributed by atoms with Crippen molar-refractivity contribution in [1.82, 2.24) is 15.5 Å². The number of hydrogen-bond acceptors (Lipinski definition) is 7. The first-order valence-electron chi connectivity index (χ1n) is 7.77. The molecule has 128 valence electrons. The molecule has 0 spiro atoms. The van der Waals surface area contributed by atoms with Gasteiger partial charge in [0.1, 0.15) is 6.10 Å².